The Hall–Kier alpha value is 4.22. The number of amides is 2. The summed E-state index contributed by atoms with van der Waals surface area (Å²) in [6, 6.07) is 0. The fraction of sp³-hybridized carbons (Fsp3) is 0.667. The second-order valence-electron chi connectivity index (χ2n) is 2.19. The van der Waals surface area contributed by atoms with Gasteiger partial charge in [0, 0.05) is 169 Å². The summed E-state index contributed by atoms with van der Waals surface area (Å²) in [4.78, 5) is 18.1. The van der Waals surface area contributed by atoms with Crippen LogP contribution in [0.3, 0.4) is 0 Å². The molecule has 2 amide bonds. The van der Waals surface area contributed by atoms with Gasteiger partial charge in [0.2, 0.25) is 6.09 Å². The zero-order valence-electron chi connectivity index (χ0n) is 12.1. The van der Waals surface area contributed by atoms with Crippen molar-refractivity contribution >= 4 is 12.0 Å². The predicted molar refractivity (Wildman–Crippen MR) is 58.4 cm³/mol. The molecular formula is C9H19N2O4Y5-3. The van der Waals surface area contributed by atoms with Crippen molar-refractivity contribution < 1.29 is 183 Å². The topological polar surface area (TPSA) is 115 Å². The van der Waals surface area contributed by atoms with Crippen molar-refractivity contribution in [1.82, 2.24) is 0 Å². The van der Waals surface area contributed by atoms with Crippen LogP contribution in [0.5, 0.6) is 0 Å². The van der Waals surface area contributed by atoms with E-state index in [9.17, 15) is 4.79 Å². The van der Waals surface area contributed by atoms with Gasteiger partial charge in [0.05, 0.1) is 13.2 Å². The molecule has 1 saturated heterocycles. The summed E-state index contributed by atoms with van der Waals surface area (Å²) >= 11 is 0. The number of nitrogens with one attached hydrogen (secondary N) is 2. The van der Waals surface area contributed by atoms with Crippen LogP contribution in [0.25, 0.3) is 11.5 Å². The molecule has 0 aromatic rings. The standard InChI is InChI=1S/C3H7NO.C3H7.C2H4O.CH2NO2.5Y/c1-2-3(4)5;1-3-2;1-2-3-1;2-1(3)4;;;;;/h2H2,1H3,(H2,4,5);1,3H2,2H3;1-2H2;2H,(H,3,4);;;;;/q;-1;;-1;;;;;/p-1. The maximum Gasteiger partial charge on any atom is 0.224 e. The van der Waals surface area contributed by atoms with Crippen molar-refractivity contribution in [2.75, 3.05) is 13.2 Å². The minimum absolute atomic E-state index is 0. The molecule has 0 aliphatic carbocycles. The Morgan fingerprint density at radius 1 is 1.05 bits per heavy atom. The van der Waals surface area contributed by atoms with E-state index in [1.807, 2.05) is 6.92 Å². The second kappa shape index (κ2) is 49.5. The summed E-state index contributed by atoms with van der Waals surface area (Å²) in [5.74, 6) is -0.495. The Kier molecular flexibility index (Phi) is 123. The van der Waals surface area contributed by atoms with Crippen molar-refractivity contribution in [2.24, 2.45) is 0 Å². The largest absolute Gasteiger partial charge is 0.668 e. The van der Waals surface area contributed by atoms with E-state index in [2.05, 4.69) is 11.7 Å². The first-order chi connectivity index (χ1) is 6.92. The van der Waals surface area contributed by atoms with Gasteiger partial charge in [-0.3, -0.25) is 4.79 Å². The van der Waals surface area contributed by atoms with Gasteiger partial charge in [-0.1, -0.05) is 13.8 Å². The average molecular weight is 664 g/mol. The van der Waals surface area contributed by atoms with Crippen LogP contribution >= 0.6 is 0 Å². The summed E-state index contributed by atoms with van der Waals surface area (Å²) in [5.41, 5.74) is 11.7. The van der Waals surface area contributed by atoms with Crippen molar-refractivity contribution in [1.29, 1.82) is 0 Å². The first-order valence-electron chi connectivity index (χ1n) is 4.48. The van der Waals surface area contributed by atoms with E-state index in [0.29, 0.717) is 6.42 Å². The third kappa shape index (κ3) is 192. The van der Waals surface area contributed by atoms with Crippen LogP contribution in [-0.4, -0.2) is 30.3 Å². The first-order valence-corrected chi connectivity index (χ1v) is 4.48. The monoisotopic (exact) mass is 664 g/mol. The smallest absolute Gasteiger partial charge is 0.224 e. The van der Waals surface area contributed by atoms with Gasteiger partial charge in [0.25, 0.3) is 0 Å². The molecule has 1 aliphatic rings. The van der Waals surface area contributed by atoms with E-state index in [-0.39, 0.29) is 164 Å². The van der Waals surface area contributed by atoms with E-state index in [0.717, 1.165) is 19.6 Å². The van der Waals surface area contributed by atoms with Crippen LogP contribution < -0.4 is 0 Å². The Bertz CT molecular complexity index is 159. The number of ether oxygens (including phenoxy) is 1. The summed E-state index contributed by atoms with van der Waals surface area (Å²) in [5, 5.41) is 7.08. The molecule has 107 valence electrons. The number of carbonyl (C=O) groups excluding carboxylic acids is 1. The number of carboxylic acid groups (broad SMARTS) is 1. The molecule has 0 spiro atoms. The molecule has 0 aromatic heterocycles. The Labute approximate surface area is 247 Å². The van der Waals surface area contributed by atoms with Gasteiger partial charge in [0.15, 0.2) is 0 Å². The number of rotatable bonds is 1. The molecule has 0 saturated carbocycles. The number of hydrogen-bond acceptors (Lipinski definition) is 3. The summed E-state index contributed by atoms with van der Waals surface area (Å²) in [6.07, 6.45) is -0.250. The maximum atomic E-state index is 9.48. The van der Waals surface area contributed by atoms with E-state index in [1.54, 1.807) is 6.92 Å². The Morgan fingerprint density at radius 2 is 1.15 bits per heavy atom. The zero-order valence-corrected chi connectivity index (χ0v) is 26.3. The SMILES string of the molecule is C1CO1.CCC([NH-])=O.[CH2-]CC.[NH-]C(=O)O.[Y].[Y].[Y].[Y].[Y]. The van der Waals surface area contributed by atoms with Crippen LogP contribution in [0.15, 0.2) is 0 Å². The molecule has 5 radical (unpaired) electrons. The molecule has 1 aliphatic heterocycles. The molecule has 3 N–H and O–H groups in total. The Morgan fingerprint density at radius 3 is 1.15 bits per heavy atom. The van der Waals surface area contributed by atoms with Crippen LogP contribution in [-0.2, 0) is 173 Å². The van der Waals surface area contributed by atoms with E-state index < -0.39 is 12.0 Å². The summed E-state index contributed by atoms with van der Waals surface area (Å²) < 4.78 is 4.50. The summed E-state index contributed by atoms with van der Waals surface area (Å²) in [6.45, 7) is 9.16. The van der Waals surface area contributed by atoms with Crippen molar-refractivity contribution in [2.45, 2.75) is 26.7 Å². The zero-order chi connectivity index (χ0) is 12.7. The molecule has 20 heavy (non-hydrogen) atoms. The fourth-order valence-corrected chi connectivity index (χ4v) is 0. The molecule has 11 heteroatoms. The molecular weight excluding hydrogens is 645 g/mol. The molecule has 1 fully saturated rings. The van der Waals surface area contributed by atoms with Crippen LogP contribution in [0, 0.1) is 6.92 Å². The second-order valence-corrected chi connectivity index (χ2v) is 2.19. The number of hydrogen-bond donors (Lipinski definition) is 1. The average Bonchev–Trinajstić information content (AvgIpc) is 2.90. The Balaban J connectivity index is -0.0000000150. The van der Waals surface area contributed by atoms with Gasteiger partial charge >= 0.3 is 0 Å². The molecule has 6 nitrogen and oxygen atoms in total. The molecule has 0 aromatic carbocycles. The van der Waals surface area contributed by atoms with E-state index in [1.165, 1.54) is 0 Å². The van der Waals surface area contributed by atoms with Crippen molar-refractivity contribution in [3.05, 3.63) is 18.4 Å². The number of epoxide rings is 1. The molecule has 0 unspecified atom stereocenters. The van der Waals surface area contributed by atoms with Crippen LogP contribution in [0.4, 0.5) is 4.79 Å². The third-order valence-corrected chi connectivity index (χ3v) is 0.525. The van der Waals surface area contributed by atoms with Crippen LogP contribution in [0.1, 0.15) is 26.7 Å². The van der Waals surface area contributed by atoms with Crippen LogP contribution in [0.2, 0.25) is 0 Å². The maximum absolute atomic E-state index is 9.48. The molecule has 1 rings (SSSR count). The predicted octanol–water partition coefficient (Wildman–Crippen LogP) is 2.93. The van der Waals surface area contributed by atoms with Gasteiger partial charge in [-0.05, 0) is 6.42 Å². The molecule has 0 bridgehead atoms. The fourth-order valence-electron chi connectivity index (χ4n) is 0. The van der Waals surface area contributed by atoms with E-state index in [4.69, 9.17) is 21.4 Å². The molecule has 0 atom stereocenters. The minimum atomic E-state index is -1.58. The number of carbonyl (C=O) groups is 2. The summed E-state index contributed by atoms with van der Waals surface area (Å²) in [7, 11) is 0. The van der Waals surface area contributed by atoms with Crippen molar-refractivity contribution in [3.8, 4) is 0 Å². The van der Waals surface area contributed by atoms with E-state index >= 15 is 0 Å². The van der Waals surface area contributed by atoms with Gasteiger partial charge < -0.3 is 33.0 Å². The van der Waals surface area contributed by atoms with Gasteiger partial charge in [-0.15, -0.1) is 0 Å². The first kappa shape index (κ1) is 49.6. The molecule has 1 heterocycles. The van der Waals surface area contributed by atoms with Gasteiger partial charge in [0.1, 0.15) is 0 Å². The normalized spacial score (nSPS) is 7.55. The quantitative estimate of drug-likeness (QED) is 0.343. The van der Waals surface area contributed by atoms with Gasteiger partial charge in [-0.25, -0.2) is 0 Å². The minimum Gasteiger partial charge on any atom is -0.668 e. The third-order valence-electron chi connectivity index (χ3n) is 0.525. The van der Waals surface area contributed by atoms with Gasteiger partial charge in [-0.2, -0.15) is 6.42 Å². The van der Waals surface area contributed by atoms with Crippen molar-refractivity contribution in [3.63, 3.8) is 0 Å².